The number of carbonyl (C=O) groups excluding carboxylic acids is 2. The van der Waals surface area contributed by atoms with Gasteiger partial charge in [0.1, 0.15) is 0 Å². The summed E-state index contributed by atoms with van der Waals surface area (Å²) >= 11 is 0. The number of likely N-dealkylation sites (tertiary alicyclic amines) is 1. The summed E-state index contributed by atoms with van der Waals surface area (Å²) in [6.07, 6.45) is 5.70. The van der Waals surface area contributed by atoms with E-state index in [4.69, 9.17) is 4.74 Å². The Bertz CT molecular complexity index is 378. The molecule has 2 rings (SSSR count). The third-order valence-electron chi connectivity index (χ3n) is 4.69. The number of nitrogens with zero attached hydrogens (tertiary/aromatic N) is 1. The van der Waals surface area contributed by atoms with E-state index in [1.807, 2.05) is 0 Å². The maximum absolute atomic E-state index is 12.6. The molecule has 1 heterocycles. The summed E-state index contributed by atoms with van der Waals surface area (Å²) in [7, 11) is 1.66. The minimum atomic E-state index is -0.373. The molecule has 120 valence electrons. The Morgan fingerprint density at radius 3 is 2.48 bits per heavy atom. The first-order chi connectivity index (χ1) is 10.0. The first kappa shape index (κ1) is 16.4. The fraction of sp³-hybridized carbons (Fsp3) is 0.875. The number of ether oxygens (including phenoxy) is 1. The topological polar surface area (TPSA) is 58.6 Å². The second-order valence-corrected chi connectivity index (χ2v) is 6.62. The minimum Gasteiger partial charge on any atom is -0.383 e. The molecule has 0 aromatic heterocycles. The molecule has 2 fully saturated rings. The lowest BCUT2D eigenvalue weighted by atomic mass is 9.94. The maximum atomic E-state index is 12.6. The third kappa shape index (κ3) is 3.83. The van der Waals surface area contributed by atoms with Crippen molar-refractivity contribution in [1.29, 1.82) is 0 Å². The van der Waals surface area contributed by atoms with E-state index < -0.39 is 0 Å². The van der Waals surface area contributed by atoms with Crippen LogP contribution >= 0.6 is 0 Å². The van der Waals surface area contributed by atoms with Gasteiger partial charge in [0.05, 0.1) is 19.1 Å². The number of nitrogens with one attached hydrogen (secondary N) is 1. The van der Waals surface area contributed by atoms with Gasteiger partial charge in [0.15, 0.2) is 0 Å². The van der Waals surface area contributed by atoms with Gasteiger partial charge in [-0.3, -0.25) is 14.5 Å². The molecule has 5 nitrogen and oxygen atoms in total. The average molecular weight is 296 g/mol. The van der Waals surface area contributed by atoms with Crippen LogP contribution < -0.4 is 5.32 Å². The molecule has 1 N–H and O–H groups in total. The second kappa shape index (κ2) is 7.36. The molecule has 0 aromatic rings. The third-order valence-corrected chi connectivity index (χ3v) is 4.69. The van der Waals surface area contributed by atoms with Crippen molar-refractivity contribution >= 4 is 11.8 Å². The van der Waals surface area contributed by atoms with Gasteiger partial charge in [-0.1, -0.05) is 33.1 Å². The fourth-order valence-electron chi connectivity index (χ4n) is 3.38. The van der Waals surface area contributed by atoms with E-state index >= 15 is 0 Å². The Labute approximate surface area is 127 Å². The predicted molar refractivity (Wildman–Crippen MR) is 80.8 cm³/mol. The van der Waals surface area contributed by atoms with Crippen molar-refractivity contribution in [3.8, 4) is 0 Å². The number of imide groups is 1. The van der Waals surface area contributed by atoms with Gasteiger partial charge in [-0.2, -0.15) is 0 Å². The van der Waals surface area contributed by atoms with E-state index in [0.717, 1.165) is 25.7 Å². The first-order valence-electron chi connectivity index (χ1n) is 8.15. The average Bonchev–Trinajstić information content (AvgIpc) is 2.74. The number of carbonyl (C=O) groups is 2. The van der Waals surface area contributed by atoms with Gasteiger partial charge >= 0.3 is 0 Å². The summed E-state index contributed by atoms with van der Waals surface area (Å²) in [4.78, 5) is 26.4. The molecular weight excluding hydrogens is 268 g/mol. The molecule has 0 spiro atoms. The van der Waals surface area contributed by atoms with Crippen molar-refractivity contribution in [3.63, 3.8) is 0 Å². The molecule has 21 heavy (non-hydrogen) atoms. The maximum Gasteiger partial charge on any atom is 0.247 e. The molecule has 1 aliphatic heterocycles. The van der Waals surface area contributed by atoms with E-state index in [-0.39, 0.29) is 29.9 Å². The molecule has 0 bridgehead atoms. The van der Waals surface area contributed by atoms with Gasteiger partial charge in [-0.05, 0) is 18.8 Å². The van der Waals surface area contributed by atoms with Crippen LogP contribution in [0.3, 0.4) is 0 Å². The monoisotopic (exact) mass is 296 g/mol. The lowest BCUT2D eigenvalue weighted by molar-refractivity contribution is -0.142. The summed E-state index contributed by atoms with van der Waals surface area (Å²) in [6.45, 7) is 4.74. The summed E-state index contributed by atoms with van der Waals surface area (Å²) in [6, 6.07) is -0.143. The Hall–Kier alpha value is -0.940. The summed E-state index contributed by atoms with van der Waals surface area (Å²) in [5.41, 5.74) is 0. The van der Waals surface area contributed by atoms with Crippen molar-refractivity contribution < 1.29 is 14.3 Å². The molecule has 1 aliphatic carbocycles. The molecule has 2 unspecified atom stereocenters. The van der Waals surface area contributed by atoms with Gasteiger partial charge < -0.3 is 10.1 Å². The van der Waals surface area contributed by atoms with Crippen molar-refractivity contribution in [3.05, 3.63) is 0 Å². The molecule has 2 atom stereocenters. The number of hydrogen-bond acceptors (Lipinski definition) is 4. The van der Waals surface area contributed by atoms with Crippen LogP contribution in [0.4, 0.5) is 0 Å². The Balaban J connectivity index is 1.99. The Morgan fingerprint density at radius 1 is 1.24 bits per heavy atom. The van der Waals surface area contributed by atoms with Gasteiger partial charge in [-0.15, -0.1) is 0 Å². The zero-order valence-corrected chi connectivity index (χ0v) is 13.4. The van der Waals surface area contributed by atoms with Crippen LogP contribution in [0.15, 0.2) is 0 Å². The minimum absolute atomic E-state index is 0.00989. The second-order valence-electron chi connectivity index (χ2n) is 6.62. The quantitative estimate of drug-likeness (QED) is 0.758. The van der Waals surface area contributed by atoms with E-state index in [9.17, 15) is 9.59 Å². The van der Waals surface area contributed by atoms with E-state index in [0.29, 0.717) is 18.9 Å². The fourth-order valence-corrected chi connectivity index (χ4v) is 3.38. The van der Waals surface area contributed by atoms with Crippen LogP contribution in [-0.2, 0) is 14.3 Å². The van der Waals surface area contributed by atoms with Gasteiger partial charge in [0, 0.05) is 19.2 Å². The first-order valence-corrected chi connectivity index (χ1v) is 8.15. The van der Waals surface area contributed by atoms with Gasteiger partial charge in [0.2, 0.25) is 11.8 Å². The predicted octanol–water partition coefficient (Wildman–Crippen LogP) is 1.71. The summed E-state index contributed by atoms with van der Waals surface area (Å²) in [5, 5.41) is 3.33. The molecule has 1 saturated carbocycles. The molecule has 1 saturated heterocycles. The molecule has 0 aromatic carbocycles. The lowest BCUT2D eigenvalue weighted by Crippen LogP contribution is -2.49. The van der Waals surface area contributed by atoms with Crippen LogP contribution in [-0.4, -0.2) is 48.6 Å². The zero-order chi connectivity index (χ0) is 15.4. The highest BCUT2D eigenvalue weighted by Crippen LogP contribution is 2.27. The number of amides is 2. The van der Waals surface area contributed by atoms with Crippen LogP contribution in [0, 0.1) is 5.92 Å². The standard InChI is InChI=1S/C16H28N2O3/c1-11(2)14(10-21-3)17-13-9-15(19)18(16(13)20)12-7-5-4-6-8-12/h11-14,17H,4-10H2,1-3H3. The number of hydrogen-bond donors (Lipinski definition) is 1. The van der Waals surface area contributed by atoms with Crippen LogP contribution in [0.1, 0.15) is 52.4 Å². The van der Waals surface area contributed by atoms with Crippen molar-refractivity contribution in [2.24, 2.45) is 5.92 Å². The molecule has 2 aliphatic rings. The van der Waals surface area contributed by atoms with Crippen molar-refractivity contribution in [1.82, 2.24) is 10.2 Å². The highest BCUT2D eigenvalue weighted by molar-refractivity contribution is 6.05. The molecule has 0 radical (unpaired) electrons. The lowest BCUT2D eigenvalue weighted by Gasteiger charge is -2.30. The zero-order valence-electron chi connectivity index (χ0n) is 13.4. The van der Waals surface area contributed by atoms with Crippen LogP contribution in [0.25, 0.3) is 0 Å². The number of rotatable bonds is 6. The highest BCUT2D eigenvalue weighted by atomic mass is 16.5. The van der Waals surface area contributed by atoms with Gasteiger partial charge in [0.25, 0.3) is 0 Å². The number of methoxy groups -OCH3 is 1. The van der Waals surface area contributed by atoms with Gasteiger partial charge in [-0.25, -0.2) is 0 Å². The Kier molecular flexibility index (Phi) is 5.76. The SMILES string of the molecule is COCC(NC1CC(=O)N(C2CCCCC2)C1=O)C(C)C. The highest BCUT2D eigenvalue weighted by Gasteiger charge is 2.43. The van der Waals surface area contributed by atoms with E-state index in [1.165, 1.54) is 6.42 Å². The van der Waals surface area contributed by atoms with E-state index in [1.54, 1.807) is 12.0 Å². The smallest absolute Gasteiger partial charge is 0.247 e. The molecule has 2 amide bonds. The summed E-state index contributed by atoms with van der Waals surface area (Å²) in [5.74, 6) is 0.314. The summed E-state index contributed by atoms with van der Waals surface area (Å²) < 4.78 is 5.21. The normalized spacial score (nSPS) is 25.9. The van der Waals surface area contributed by atoms with Crippen molar-refractivity contribution in [2.75, 3.05) is 13.7 Å². The largest absolute Gasteiger partial charge is 0.383 e. The van der Waals surface area contributed by atoms with Crippen LogP contribution in [0.2, 0.25) is 0 Å². The Morgan fingerprint density at radius 2 is 1.90 bits per heavy atom. The molecule has 5 heteroatoms. The van der Waals surface area contributed by atoms with Crippen LogP contribution in [0.5, 0.6) is 0 Å². The molecular formula is C16H28N2O3. The van der Waals surface area contributed by atoms with Crippen molar-refractivity contribution in [2.45, 2.75) is 70.5 Å². The van der Waals surface area contributed by atoms with E-state index in [2.05, 4.69) is 19.2 Å².